The number of furan rings is 1. The van der Waals surface area contributed by atoms with Gasteiger partial charge in [0.25, 0.3) is 0 Å². The zero-order valence-corrected chi connectivity index (χ0v) is 10.4. The number of rotatable bonds is 3. The van der Waals surface area contributed by atoms with Gasteiger partial charge in [0.05, 0.1) is 30.2 Å². The first-order valence-corrected chi connectivity index (χ1v) is 6.18. The summed E-state index contributed by atoms with van der Waals surface area (Å²) in [5, 5.41) is 2.86. The van der Waals surface area contributed by atoms with E-state index in [0.29, 0.717) is 6.54 Å². The number of nitrogens with one attached hydrogen (secondary N) is 1. The van der Waals surface area contributed by atoms with Crippen LogP contribution in [-0.4, -0.2) is 19.0 Å². The molecular weight excluding hydrogens is 242 g/mol. The molecule has 1 aliphatic rings. The maximum absolute atomic E-state index is 11.8. The highest BCUT2D eigenvalue weighted by Crippen LogP contribution is 2.34. The molecule has 98 valence electrons. The van der Waals surface area contributed by atoms with Crippen LogP contribution in [0.5, 0.6) is 0 Å². The van der Waals surface area contributed by atoms with Crippen molar-refractivity contribution in [2.75, 3.05) is 23.3 Å². The van der Waals surface area contributed by atoms with Crippen molar-refractivity contribution >= 4 is 17.3 Å². The van der Waals surface area contributed by atoms with Gasteiger partial charge in [-0.15, -0.1) is 0 Å². The smallest absolute Gasteiger partial charge is 0.243 e. The van der Waals surface area contributed by atoms with Crippen LogP contribution in [0.15, 0.2) is 47.1 Å². The van der Waals surface area contributed by atoms with Gasteiger partial charge in [0.15, 0.2) is 0 Å². The van der Waals surface area contributed by atoms with Gasteiger partial charge < -0.3 is 20.4 Å². The molecule has 1 unspecified atom stereocenters. The fourth-order valence-corrected chi connectivity index (χ4v) is 2.42. The van der Waals surface area contributed by atoms with Gasteiger partial charge in [-0.3, -0.25) is 4.79 Å². The Bertz CT molecular complexity index is 580. The standard InChI is InChI=1S/C14H15N3O2/c15-8-12(13-6-3-7-19-13)17-9-14(18)16-10-4-1-2-5-11(10)17/h1-7,12H,8-9,15H2,(H,16,18). The average Bonchev–Trinajstić information content (AvgIpc) is 2.93. The van der Waals surface area contributed by atoms with Gasteiger partial charge in [-0.1, -0.05) is 12.1 Å². The van der Waals surface area contributed by atoms with E-state index in [4.69, 9.17) is 10.2 Å². The molecular formula is C14H15N3O2. The molecule has 5 nitrogen and oxygen atoms in total. The van der Waals surface area contributed by atoms with Gasteiger partial charge in [0.1, 0.15) is 5.76 Å². The predicted molar refractivity (Wildman–Crippen MR) is 72.9 cm³/mol. The van der Waals surface area contributed by atoms with Crippen molar-refractivity contribution in [2.24, 2.45) is 5.73 Å². The second-order valence-corrected chi connectivity index (χ2v) is 4.46. The molecule has 0 saturated heterocycles. The lowest BCUT2D eigenvalue weighted by atomic mass is 10.1. The largest absolute Gasteiger partial charge is 0.467 e. The fraction of sp³-hybridized carbons (Fsp3) is 0.214. The van der Waals surface area contributed by atoms with Gasteiger partial charge in [0, 0.05) is 6.54 Å². The van der Waals surface area contributed by atoms with E-state index in [9.17, 15) is 4.79 Å². The highest BCUT2D eigenvalue weighted by atomic mass is 16.3. The second kappa shape index (κ2) is 4.78. The van der Waals surface area contributed by atoms with Crippen molar-refractivity contribution in [1.29, 1.82) is 0 Å². The van der Waals surface area contributed by atoms with Crippen LogP contribution in [0.2, 0.25) is 0 Å². The van der Waals surface area contributed by atoms with E-state index in [1.165, 1.54) is 0 Å². The van der Waals surface area contributed by atoms with Gasteiger partial charge in [-0.25, -0.2) is 0 Å². The van der Waals surface area contributed by atoms with E-state index >= 15 is 0 Å². The quantitative estimate of drug-likeness (QED) is 0.878. The molecule has 0 spiro atoms. The number of amides is 1. The summed E-state index contributed by atoms with van der Waals surface area (Å²) in [7, 11) is 0. The second-order valence-electron chi connectivity index (χ2n) is 4.46. The molecule has 1 aromatic carbocycles. The Balaban J connectivity index is 2.02. The summed E-state index contributed by atoms with van der Waals surface area (Å²) < 4.78 is 5.44. The number of hydrogen-bond donors (Lipinski definition) is 2. The highest BCUT2D eigenvalue weighted by molar-refractivity contribution is 6.01. The van der Waals surface area contributed by atoms with E-state index < -0.39 is 0 Å². The summed E-state index contributed by atoms with van der Waals surface area (Å²) in [5.41, 5.74) is 7.64. The van der Waals surface area contributed by atoms with Gasteiger partial charge in [0.2, 0.25) is 5.91 Å². The van der Waals surface area contributed by atoms with E-state index in [-0.39, 0.29) is 18.5 Å². The summed E-state index contributed by atoms with van der Waals surface area (Å²) in [5.74, 6) is 0.732. The fourth-order valence-electron chi connectivity index (χ4n) is 2.42. The first kappa shape index (κ1) is 11.8. The number of carbonyl (C=O) groups excluding carboxylic acids is 1. The molecule has 0 saturated carbocycles. The number of anilines is 2. The van der Waals surface area contributed by atoms with Crippen molar-refractivity contribution in [3.63, 3.8) is 0 Å². The number of nitrogens with zero attached hydrogens (tertiary/aromatic N) is 1. The Morgan fingerprint density at radius 1 is 1.32 bits per heavy atom. The zero-order valence-electron chi connectivity index (χ0n) is 10.4. The van der Waals surface area contributed by atoms with Crippen LogP contribution in [0.4, 0.5) is 11.4 Å². The average molecular weight is 257 g/mol. The maximum Gasteiger partial charge on any atom is 0.243 e. The highest BCUT2D eigenvalue weighted by Gasteiger charge is 2.29. The molecule has 2 aromatic rings. The van der Waals surface area contributed by atoms with Crippen molar-refractivity contribution in [3.8, 4) is 0 Å². The molecule has 2 heterocycles. The van der Waals surface area contributed by atoms with E-state index in [1.54, 1.807) is 6.26 Å². The molecule has 0 bridgehead atoms. The lowest BCUT2D eigenvalue weighted by molar-refractivity contribution is -0.115. The molecule has 1 aromatic heterocycles. The summed E-state index contributed by atoms with van der Waals surface area (Å²) >= 11 is 0. The van der Waals surface area contributed by atoms with E-state index in [0.717, 1.165) is 17.1 Å². The summed E-state index contributed by atoms with van der Waals surface area (Å²) in [6, 6.07) is 11.3. The first-order chi connectivity index (χ1) is 9.29. The number of fused-ring (bicyclic) bond motifs is 1. The van der Waals surface area contributed by atoms with Crippen LogP contribution < -0.4 is 16.0 Å². The van der Waals surface area contributed by atoms with Gasteiger partial charge in [-0.05, 0) is 24.3 Å². The van der Waals surface area contributed by atoms with Crippen LogP contribution in [0, 0.1) is 0 Å². The minimum atomic E-state index is -0.137. The Kier molecular flexibility index (Phi) is 2.97. The van der Waals surface area contributed by atoms with Crippen molar-refractivity contribution < 1.29 is 9.21 Å². The molecule has 1 atom stereocenters. The lowest BCUT2D eigenvalue weighted by Crippen LogP contribution is -2.42. The molecule has 0 radical (unpaired) electrons. The third kappa shape index (κ3) is 2.08. The van der Waals surface area contributed by atoms with Crippen LogP contribution in [0.25, 0.3) is 0 Å². The minimum Gasteiger partial charge on any atom is -0.467 e. The summed E-state index contributed by atoms with van der Waals surface area (Å²) in [6.45, 7) is 0.661. The SMILES string of the molecule is NCC(c1ccco1)N1CC(=O)Nc2ccccc21. The van der Waals surface area contributed by atoms with Crippen molar-refractivity contribution in [3.05, 3.63) is 48.4 Å². The zero-order chi connectivity index (χ0) is 13.2. The van der Waals surface area contributed by atoms with Crippen molar-refractivity contribution in [1.82, 2.24) is 0 Å². The number of para-hydroxylation sites is 2. The molecule has 1 amide bonds. The predicted octanol–water partition coefficient (Wildman–Crippen LogP) is 1.74. The molecule has 3 rings (SSSR count). The molecule has 0 fully saturated rings. The van der Waals surface area contributed by atoms with Crippen LogP contribution in [0.1, 0.15) is 11.8 Å². The number of carbonyl (C=O) groups is 1. The summed E-state index contributed by atoms with van der Waals surface area (Å²) in [6.07, 6.45) is 1.62. The number of hydrogen-bond acceptors (Lipinski definition) is 4. The minimum absolute atomic E-state index is 0.0382. The van der Waals surface area contributed by atoms with E-state index in [2.05, 4.69) is 5.32 Å². The molecule has 0 aliphatic carbocycles. The number of benzene rings is 1. The van der Waals surface area contributed by atoms with Crippen LogP contribution in [-0.2, 0) is 4.79 Å². The van der Waals surface area contributed by atoms with E-state index in [1.807, 2.05) is 41.3 Å². The third-order valence-electron chi connectivity index (χ3n) is 3.27. The molecule has 1 aliphatic heterocycles. The Hall–Kier alpha value is -2.27. The Labute approximate surface area is 111 Å². The van der Waals surface area contributed by atoms with Crippen LogP contribution >= 0.6 is 0 Å². The van der Waals surface area contributed by atoms with Gasteiger partial charge >= 0.3 is 0 Å². The molecule has 5 heteroatoms. The number of nitrogens with two attached hydrogens (primary N) is 1. The maximum atomic E-state index is 11.8. The first-order valence-electron chi connectivity index (χ1n) is 6.18. The normalized spacial score (nSPS) is 15.8. The molecule has 19 heavy (non-hydrogen) atoms. The van der Waals surface area contributed by atoms with Crippen LogP contribution in [0.3, 0.4) is 0 Å². The Morgan fingerprint density at radius 3 is 2.89 bits per heavy atom. The summed E-state index contributed by atoms with van der Waals surface area (Å²) in [4.78, 5) is 13.8. The third-order valence-corrected chi connectivity index (χ3v) is 3.27. The topological polar surface area (TPSA) is 71.5 Å². The molecule has 3 N–H and O–H groups in total. The monoisotopic (exact) mass is 257 g/mol. The van der Waals surface area contributed by atoms with Gasteiger partial charge in [-0.2, -0.15) is 0 Å². The Morgan fingerprint density at radius 2 is 2.16 bits per heavy atom. The lowest BCUT2D eigenvalue weighted by Gasteiger charge is -2.35. The van der Waals surface area contributed by atoms with Crippen molar-refractivity contribution in [2.45, 2.75) is 6.04 Å².